The van der Waals surface area contributed by atoms with Crippen molar-refractivity contribution in [1.29, 1.82) is 0 Å². The molecule has 0 aliphatic heterocycles. The van der Waals surface area contributed by atoms with E-state index >= 15 is 0 Å². The van der Waals surface area contributed by atoms with E-state index in [-0.39, 0.29) is 38.1 Å². The molecule has 4 bridgehead atoms. The molecule has 0 aromatic heterocycles. The van der Waals surface area contributed by atoms with Crippen molar-refractivity contribution in [2.24, 2.45) is 27.3 Å². The zero-order valence-corrected chi connectivity index (χ0v) is 18.7. The maximum Gasteiger partial charge on any atom is 0.246 e. The summed E-state index contributed by atoms with van der Waals surface area (Å²) >= 11 is 6.37. The van der Waals surface area contributed by atoms with Gasteiger partial charge in [-0.05, 0) is 93.2 Å². The third-order valence-electron chi connectivity index (χ3n) is 6.68. The topological polar surface area (TPSA) is 81.9 Å². The van der Waals surface area contributed by atoms with Gasteiger partial charge in [-0.2, -0.15) is 5.10 Å². The van der Waals surface area contributed by atoms with Gasteiger partial charge in [-0.3, -0.25) is 4.79 Å². The predicted molar refractivity (Wildman–Crippen MR) is 111 cm³/mol. The van der Waals surface area contributed by atoms with Crippen LogP contribution >= 0.6 is 31.9 Å². The van der Waals surface area contributed by atoms with Crippen LogP contribution in [0.15, 0.2) is 20.1 Å². The van der Waals surface area contributed by atoms with Crippen molar-refractivity contribution >= 4 is 44.0 Å². The van der Waals surface area contributed by atoms with Gasteiger partial charge in [0.05, 0.1) is 16.1 Å². The van der Waals surface area contributed by atoms with Crippen molar-refractivity contribution in [3.63, 3.8) is 0 Å². The molecule has 4 aliphatic rings. The average Bonchev–Trinajstić information content (AvgIpc) is 2.54. The number of phenolic OH excluding ortho intramolecular Hbond substituents is 2. The lowest BCUT2D eigenvalue weighted by Gasteiger charge is -2.64. The van der Waals surface area contributed by atoms with E-state index in [1.807, 2.05) is 0 Å². The molecule has 2 atom stereocenters. The van der Waals surface area contributed by atoms with Gasteiger partial charge in [0.25, 0.3) is 0 Å². The molecule has 4 saturated carbocycles. The second kappa shape index (κ2) is 6.21. The minimum absolute atomic E-state index is 0.00306. The van der Waals surface area contributed by atoms with E-state index in [4.69, 9.17) is 0 Å². The summed E-state index contributed by atoms with van der Waals surface area (Å²) in [6, 6.07) is 1.55. The molecule has 1 aromatic carbocycles. The number of carbonyl (C=O) groups excluding carboxylic acids is 1. The number of nitrogens with zero attached hydrogens (tertiary/aromatic N) is 1. The molecule has 0 saturated heterocycles. The van der Waals surface area contributed by atoms with Crippen LogP contribution in [0.2, 0.25) is 0 Å². The van der Waals surface area contributed by atoms with Gasteiger partial charge in [-0.15, -0.1) is 0 Å². The number of nitrogens with one attached hydrogen (secondary N) is 1. The Balaban J connectivity index is 1.53. The number of benzene rings is 1. The van der Waals surface area contributed by atoms with Crippen molar-refractivity contribution in [2.75, 3.05) is 0 Å². The van der Waals surface area contributed by atoms with Crippen LogP contribution in [0.1, 0.15) is 57.9 Å². The Morgan fingerprint density at radius 2 is 1.78 bits per heavy atom. The highest BCUT2D eigenvalue weighted by molar-refractivity contribution is 9.11. The van der Waals surface area contributed by atoms with Crippen LogP contribution in [0.5, 0.6) is 11.5 Å². The maximum atomic E-state index is 13.1. The molecule has 1 aromatic rings. The van der Waals surface area contributed by atoms with Crippen molar-refractivity contribution < 1.29 is 15.0 Å². The summed E-state index contributed by atoms with van der Waals surface area (Å²) in [5, 5.41) is 24.0. The fourth-order valence-corrected chi connectivity index (χ4v) is 7.85. The molecule has 1 amide bonds. The molecule has 3 N–H and O–H groups in total. The fourth-order valence-electron chi connectivity index (χ4n) is 6.70. The number of hydrogen-bond acceptors (Lipinski definition) is 4. The Hall–Kier alpha value is -1.08. The first kappa shape index (κ1) is 19.2. The van der Waals surface area contributed by atoms with Gasteiger partial charge in [0, 0.05) is 5.56 Å². The lowest BCUT2D eigenvalue weighted by atomic mass is 9.40. The number of halogens is 2. The molecule has 5 nitrogen and oxygen atoms in total. The zero-order valence-electron chi connectivity index (χ0n) is 15.5. The summed E-state index contributed by atoms with van der Waals surface area (Å²) in [6.07, 6.45) is 7.95. The van der Waals surface area contributed by atoms with Gasteiger partial charge in [0.2, 0.25) is 5.91 Å². The highest BCUT2D eigenvalue weighted by atomic mass is 79.9. The maximum absolute atomic E-state index is 13.1. The van der Waals surface area contributed by atoms with Crippen molar-refractivity contribution in [3.8, 4) is 11.5 Å². The standard InChI is InChI=1S/C20H24Br2N2O3/c1-18-4-11-5-19(2,8-18)10-20(6-11,9-18)17(27)24-23-7-12-3-13(21)16(26)14(22)15(12)25/h3,7,11,25-26H,4-6,8-10H2,1-2H3,(H,24,27)/b23-7-/t11?,18-,19-,20?/m0/s1. The molecular formula is C20H24Br2N2O3. The molecule has 0 heterocycles. The smallest absolute Gasteiger partial charge is 0.246 e. The Labute approximate surface area is 175 Å². The van der Waals surface area contributed by atoms with Crippen LogP contribution in [-0.2, 0) is 4.79 Å². The van der Waals surface area contributed by atoms with Crippen LogP contribution in [0.25, 0.3) is 0 Å². The van der Waals surface area contributed by atoms with E-state index in [1.54, 1.807) is 6.07 Å². The molecule has 5 rings (SSSR count). The lowest BCUT2D eigenvalue weighted by molar-refractivity contribution is -0.170. The number of aromatic hydroxyl groups is 2. The van der Waals surface area contributed by atoms with Gasteiger partial charge in [-0.25, -0.2) is 5.43 Å². The third kappa shape index (κ3) is 3.20. The van der Waals surface area contributed by atoms with E-state index < -0.39 is 0 Å². The first-order valence-electron chi connectivity index (χ1n) is 9.28. The average molecular weight is 500 g/mol. The minimum Gasteiger partial charge on any atom is -0.506 e. The Bertz CT molecular complexity index is 836. The van der Waals surface area contributed by atoms with Gasteiger partial charge < -0.3 is 10.2 Å². The fraction of sp³-hybridized carbons (Fsp3) is 0.600. The highest BCUT2D eigenvalue weighted by Gasteiger charge is 2.62. The summed E-state index contributed by atoms with van der Waals surface area (Å²) < 4.78 is 0.619. The Kier molecular flexibility index (Phi) is 4.43. The molecule has 0 radical (unpaired) electrons. The zero-order chi connectivity index (χ0) is 19.6. The molecule has 0 spiro atoms. The van der Waals surface area contributed by atoms with Crippen LogP contribution in [0.3, 0.4) is 0 Å². The number of hydrazone groups is 1. The minimum atomic E-state index is -0.321. The van der Waals surface area contributed by atoms with Crippen molar-refractivity contribution in [3.05, 3.63) is 20.6 Å². The Morgan fingerprint density at radius 3 is 2.37 bits per heavy atom. The molecule has 0 unspecified atom stereocenters. The van der Waals surface area contributed by atoms with Crippen LogP contribution in [-0.4, -0.2) is 22.3 Å². The predicted octanol–water partition coefficient (Wildman–Crippen LogP) is 5.07. The number of carbonyl (C=O) groups is 1. The third-order valence-corrected chi connectivity index (χ3v) is 8.03. The van der Waals surface area contributed by atoms with Crippen molar-refractivity contribution in [1.82, 2.24) is 5.43 Å². The monoisotopic (exact) mass is 498 g/mol. The summed E-state index contributed by atoms with van der Waals surface area (Å²) in [5.74, 6) is 0.433. The summed E-state index contributed by atoms with van der Waals surface area (Å²) in [6.45, 7) is 4.68. The summed E-state index contributed by atoms with van der Waals surface area (Å²) in [5.41, 5.74) is 3.34. The lowest BCUT2D eigenvalue weighted by Crippen LogP contribution is -2.59. The van der Waals surface area contributed by atoms with Crippen LogP contribution in [0.4, 0.5) is 0 Å². The molecular weight excluding hydrogens is 476 g/mol. The van der Waals surface area contributed by atoms with E-state index in [2.05, 4.69) is 56.2 Å². The molecule has 146 valence electrons. The largest absolute Gasteiger partial charge is 0.506 e. The number of amides is 1. The SMILES string of the molecule is C[C@@]12CC3CC(C(=O)N/N=C\c4cc(Br)c(O)c(Br)c4O)(C1)C[C@@](C)(C3)C2. The molecule has 7 heteroatoms. The van der Waals surface area contributed by atoms with Gasteiger partial charge in [0.1, 0.15) is 16.0 Å². The van der Waals surface area contributed by atoms with Crippen LogP contribution in [0, 0.1) is 22.2 Å². The normalized spacial score (nSPS) is 37.1. The van der Waals surface area contributed by atoms with E-state index in [0.29, 0.717) is 16.0 Å². The number of rotatable bonds is 3. The molecule has 4 fully saturated rings. The van der Waals surface area contributed by atoms with E-state index in [9.17, 15) is 15.0 Å². The summed E-state index contributed by atoms with van der Waals surface area (Å²) in [4.78, 5) is 13.1. The number of hydrogen-bond donors (Lipinski definition) is 3. The van der Waals surface area contributed by atoms with E-state index in [1.165, 1.54) is 25.5 Å². The van der Waals surface area contributed by atoms with Crippen LogP contribution < -0.4 is 5.43 Å². The highest BCUT2D eigenvalue weighted by Crippen LogP contribution is 2.69. The first-order chi connectivity index (χ1) is 12.5. The van der Waals surface area contributed by atoms with Crippen molar-refractivity contribution in [2.45, 2.75) is 52.4 Å². The second-order valence-electron chi connectivity index (χ2n) is 9.57. The first-order valence-corrected chi connectivity index (χ1v) is 10.9. The quantitative estimate of drug-likeness (QED) is 0.401. The van der Waals surface area contributed by atoms with E-state index in [0.717, 1.165) is 19.3 Å². The Morgan fingerprint density at radius 1 is 1.15 bits per heavy atom. The second-order valence-corrected chi connectivity index (χ2v) is 11.2. The molecule has 4 aliphatic carbocycles. The van der Waals surface area contributed by atoms with Gasteiger partial charge >= 0.3 is 0 Å². The number of phenols is 2. The van der Waals surface area contributed by atoms with Gasteiger partial charge in [0.15, 0.2) is 0 Å². The summed E-state index contributed by atoms with van der Waals surface area (Å²) in [7, 11) is 0. The van der Waals surface area contributed by atoms with Gasteiger partial charge in [-0.1, -0.05) is 13.8 Å². The molecule has 27 heavy (non-hydrogen) atoms.